The first kappa shape index (κ1) is 16.9. The molecule has 21 heavy (non-hydrogen) atoms. The lowest BCUT2D eigenvalue weighted by atomic mass is 9.70. The lowest BCUT2D eigenvalue weighted by Gasteiger charge is -2.37. The minimum atomic E-state index is -0.418. The molecule has 1 aliphatic rings. The molecular weight excluding hydrogens is 336 g/mol. The van der Waals surface area contributed by atoms with Gasteiger partial charge in [-0.15, -0.1) is 0 Å². The zero-order valence-corrected chi connectivity index (χ0v) is 14.3. The van der Waals surface area contributed by atoms with Crippen LogP contribution in [-0.2, 0) is 0 Å². The second-order valence-corrected chi connectivity index (χ2v) is 6.87. The van der Waals surface area contributed by atoms with Gasteiger partial charge in [0.2, 0.25) is 0 Å². The summed E-state index contributed by atoms with van der Waals surface area (Å²) in [6.45, 7) is 5.96. The molecule has 0 aromatic heterocycles. The van der Waals surface area contributed by atoms with Gasteiger partial charge in [0, 0.05) is 5.56 Å². The Morgan fingerprint density at radius 1 is 1.24 bits per heavy atom. The molecular formula is C17H24BrF2N. The van der Waals surface area contributed by atoms with E-state index in [0.29, 0.717) is 16.3 Å². The van der Waals surface area contributed by atoms with Gasteiger partial charge in [-0.25, -0.2) is 8.78 Å². The van der Waals surface area contributed by atoms with E-state index >= 15 is 0 Å². The molecule has 0 amide bonds. The standard InChI is InChI=1S/C17H24BrF2N/c1-3-11-5-6-12(10-21-4-2)13(9-11)16-15(19)8-7-14(18)17(16)20/h7-8,11-13,21H,3-6,9-10H2,1-2H3. The van der Waals surface area contributed by atoms with Crippen molar-refractivity contribution in [3.05, 3.63) is 33.8 Å². The fourth-order valence-electron chi connectivity index (χ4n) is 3.50. The van der Waals surface area contributed by atoms with Crippen molar-refractivity contribution in [2.45, 2.75) is 45.4 Å². The third-order valence-corrected chi connectivity index (χ3v) is 5.40. The number of hydrogen-bond donors (Lipinski definition) is 1. The molecule has 0 saturated heterocycles. The zero-order chi connectivity index (χ0) is 15.4. The summed E-state index contributed by atoms with van der Waals surface area (Å²) in [5.74, 6) is 0.0363. The van der Waals surface area contributed by atoms with Gasteiger partial charge in [0.25, 0.3) is 0 Å². The lowest BCUT2D eigenvalue weighted by Crippen LogP contribution is -2.32. The third kappa shape index (κ3) is 3.84. The lowest BCUT2D eigenvalue weighted by molar-refractivity contribution is 0.219. The van der Waals surface area contributed by atoms with Crippen LogP contribution in [0.1, 0.15) is 51.0 Å². The normalized spacial score (nSPS) is 26.0. The number of benzene rings is 1. The maximum atomic E-state index is 14.5. The van der Waals surface area contributed by atoms with Crippen LogP contribution in [0.15, 0.2) is 16.6 Å². The highest BCUT2D eigenvalue weighted by atomic mass is 79.9. The Morgan fingerprint density at radius 2 is 2.00 bits per heavy atom. The first-order chi connectivity index (χ1) is 10.1. The van der Waals surface area contributed by atoms with Crippen LogP contribution in [0.5, 0.6) is 0 Å². The molecule has 0 heterocycles. The molecule has 2 rings (SSSR count). The number of nitrogens with one attached hydrogen (secondary N) is 1. The number of hydrogen-bond acceptors (Lipinski definition) is 1. The van der Waals surface area contributed by atoms with Crippen molar-refractivity contribution in [2.24, 2.45) is 11.8 Å². The molecule has 1 aromatic carbocycles. The van der Waals surface area contributed by atoms with Crippen molar-refractivity contribution in [3.63, 3.8) is 0 Å². The molecule has 1 aromatic rings. The summed E-state index contributed by atoms with van der Waals surface area (Å²) in [7, 11) is 0. The van der Waals surface area contributed by atoms with Crippen molar-refractivity contribution < 1.29 is 8.78 Å². The molecule has 0 radical (unpaired) electrons. The molecule has 1 nitrogen and oxygen atoms in total. The van der Waals surface area contributed by atoms with Gasteiger partial charge >= 0.3 is 0 Å². The van der Waals surface area contributed by atoms with E-state index in [1.165, 1.54) is 18.6 Å². The summed E-state index contributed by atoms with van der Waals surface area (Å²) >= 11 is 3.19. The maximum absolute atomic E-state index is 14.5. The van der Waals surface area contributed by atoms with Crippen molar-refractivity contribution >= 4 is 15.9 Å². The third-order valence-electron chi connectivity index (χ3n) is 4.79. The van der Waals surface area contributed by atoms with Crippen molar-refractivity contribution in [1.82, 2.24) is 5.32 Å². The van der Waals surface area contributed by atoms with E-state index in [1.807, 2.05) is 0 Å². The Balaban J connectivity index is 2.32. The van der Waals surface area contributed by atoms with Gasteiger partial charge in [-0.3, -0.25) is 0 Å². The Morgan fingerprint density at radius 3 is 2.67 bits per heavy atom. The highest BCUT2D eigenvalue weighted by molar-refractivity contribution is 9.10. The van der Waals surface area contributed by atoms with Crippen LogP contribution in [0.3, 0.4) is 0 Å². The Kier molecular flexibility index (Phi) is 6.18. The quantitative estimate of drug-likeness (QED) is 0.708. The van der Waals surface area contributed by atoms with Crippen LogP contribution in [-0.4, -0.2) is 13.1 Å². The average Bonchev–Trinajstić information content (AvgIpc) is 2.50. The highest BCUT2D eigenvalue weighted by Crippen LogP contribution is 2.44. The van der Waals surface area contributed by atoms with Crippen LogP contribution in [0.2, 0.25) is 0 Å². The summed E-state index contributed by atoms with van der Waals surface area (Å²) in [4.78, 5) is 0. The van der Waals surface area contributed by atoms with E-state index in [4.69, 9.17) is 0 Å². The monoisotopic (exact) mass is 359 g/mol. The summed E-state index contributed by atoms with van der Waals surface area (Å²) < 4.78 is 29.1. The molecule has 1 N–H and O–H groups in total. The largest absolute Gasteiger partial charge is 0.317 e. The number of halogens is 3. The average molecular weight is 360 g/mol. The highest BCUT2D eigenvalue weighted by Gasteiger charge is 2.34. The molecule has 0 aliphatic heterocycles. The second-order valence-electron chi connectivity index (χ2n) is 6.02. The minimum absolute atomic E-state index is 0.0275. The van der Waals surface area contributed by atoms with Crippen LogP contribution in [0.25, 0.3) is 0 Å². The maximum Gasteiger partial charge on any atom is 0.143 e. The van der Waals surface area contributed by atoms with Crippen molar-refractivity contribution in [1.29, 1.82) is 0 Å². The molecule has 1 aliphatic carbocycles. The van der Waals surface area contributed by atoms with Gasteiger partial charge in [0.15, 0.2) is 0 Å². The Hall–Kier alpha value is -0.480. The van der Waals surface area contributed by atoms with E-state index in [1.54, 1.807) is 0 Å². The van der Waals surface area contributed by atoms with Gasteiger partial charge in [0.1, 0.15) is 11.6 Å². The molecule has 1 saturated carbocycles. The van der Waals surface area contributed by atoms with Crippen molar-refractivity contribution in [3.8, 4) is 0 Å². The van der Waals surface area contributed by atoms with Gasteiger partial charge in [-0.2, -0.15) is 0 Å². The van der Waals surface area contributed by atoms with Gasteiger partial charge in [0.05, 0.1) is 4.47 Å². The van der Waals surface area contributed by atoms with Crippen LogP contribution in [0.4, 0.5) is 8.78 Å². The molecule has 0 bridgehead atoms. The predicted octanol–water partition coefficient (Wildman–Crippen LogP) is 5.25. The van der Waals surface area contributed by atoms with Crippen molar-refractivity contribution in [2.75, 3.05) is 13.1 Å². The van der Waals surface area contributed by atoms with Crippen LogP contribution in [0, 0.1) is 23.5 Å². The van der Waals surface area contributed by atoms with Crippen LogP contribution >= 0.6 is 15.9 Å². The molecule has 3 unspecified atom stereocenters. The molecule has 118 valence electrons. The molecule has 4 heteroatoms. The first-order valence-electron chi connectivity index (χ1n) is 7.92. The second kappa shape index (κ2) is 7.68. The summed E-state index contributed by atoms with van der Waals surface area (Å²) in [6.07, 6.45) is 4.18. The Bertz CT molecular complexity index is 478. The Labute approximate surface area is 134 Å². The van der Waals surface area contributed by atoms with Gasteiger partial charge < -0.3 is 5.32 Å². The van der Waals surface area contributed by atoms with E-state index < -0.39 is 11.6 Å². The fourth-order valence-corrected chi connectivity index (χ4v) is 3.85. The molecule has 1 fully saturated rings. The number of rotatable bonds is 5. The van der Waals surface area contributed by atoms with Gasteiger partial charge in [-0.1, -0.05) is 26.7 Å². The summed E-state index contributed by atoms with van der Waals surface area (Å²) in [5.41, 5.74) is 0.283. The summed E-state index contributed by atoms with van der Waals surface area (Å²) in [5, 5.41) is 3.35. The van der Waals surface area contributed by atoms with Gasteiger partial charge in [-0.05, 0) is 71.7 Å². The first-order valence-corrected chi connectivity index (χ1v) is 8.71. The smallest absolute Gasteiger partial charge is 0.143 e. The topological polar surface area (TPSA) is 12.0 Å². The fraction of sp³-hybridized carbons (Fsp3) is 0.647. The molecule has 3 atom stereocenters. The van der Waals surface area contributed by atoms with Crippen LogP contribution < -0.4 is 5.32 Å². The zero-order valence-electron chi connectivity index (χ0n) is 12.8. The minimum Gasteiger partial charge on any atom is -0.317 e. The predicted molar refractivity (Wildman–Crippen MR) is 86.5 cm³/mol. The van der Waals surface area contributed by atoms with E-state index in [0.717, 1.165) is 32.4 Å². The van der Waals surface area contributed by atoms with E-state index in [2.05, 4.69) is 35.1 Å². The van der Waals surface area contributed by atoms with E-state index in [-0.39, 0.29) is 11.5 Å². The van der Waals surface area contributed by atoms with E-state index in [9.17, 15) is 8.78 Å². The summed E-state index contributed by atoms with van der Waals surface area (Å²) in [6, 6.07) is 2.83. The SMILES string of the molecule is CCNCC1CCC(CC)CC1c1c(F)ccc(Br)c1F. The molecule has 0 spiro atoms.